The Kier molecular flexibility index (Phi) is 7.31. The van der Waals surface area contributed by atoms with Crippen molar-refractivity contribution < 1.29 is 27.1 Å². The van der Waals surface area contributed by atoms with Crippen LogP contribution in [0.25, 0.3) is 0 Å². The van der Waals surface area contributed by atoms with Gasteiger partial charge in [0, 0.05) is 6.54 Å². The number of benzene rings is 2. The van der Waals surface area contributed by atoms with E-state index in [0.717, 1.165) is 41.2 Å². The summed E-state index contributed by atoms with van der Waals surface area (Å²) >= 11 is 0.926. The van der Waals surface area contributed by atoms with Crippen molar-refractivity contribution in [3.63, 3.8) is 0 Å². The zero-order chi connectivity index (χ0) is 23.3. The summed E-state index contributed by atoms with van der Waals surface area (Å²) in [6.07, 6.45) is 0.563. The number of hydrogen-bond acceptors (Lipinski definition) is 7. The van der Waals surface area contributed by atoms with E-state index in [0.29, 0.717) is 35.0 Å². The SMILES string of the molecule is COc1ccc(CCNC(=O)c2sc(NS(=O)(=O)c3ccc(F)cc3)nc2C)cc1OC. The first-order valence-corrected chi connectivity index (χ1v) is 11.8. The van der Waals surface area contributed by atoms with Gasteiger partial charge in [0.25, 0.3) is 15.9 Å². The second-order valence-electron chi connectivity index (χ2n) is 6.69. The van der Waals surface area contributed by atoms with Gasteiger partial charge in [0.05, 0.1) is 24.8 Å². The lowest BCUT2D eigenvalue weighted by atomic mass is 10.1. The van der Waals surface area contributed by atoms with Crippen LogP contribution in [0.1, 0.15) is 20.9 Å². The number of aromatic nitrogens is 1. The molecular formula is C21H22FN3O5S2. The van der Waals surface area contributed by atoms with E-state index in [1.807, 2.05) is 12.1 Å². The first kappa shape index (κ1) is 23.5. The summed E-state index contributed by atoms with van der Waals surface area (Å²) in [5.41, 5.74) is 1.35. The second-order valence-corrected chi connectivity index (χ2v) is 9.37. The highest BCUT2D eigenvalue weighted by Gasteiger charge is 2.20. The van der Waals surface area contributed by atoms with E-state index in [4.69, 9.17) is 9.47 Å². The fourth-order valence-corrected chi connectivity index (χ4v) is 4.99. The number of sulfonamides is 1. The smallest absolute Gasteiger partial charge is 0.263 e. The predicted molar refractivity (Wildman–Crippen MR) is 120 cm³/mol. The van der Waals surface area contributed by atoms with Crippen molar-refractivity contribution in [1.29, 1.82) is 0 Å². The van der Waals surface area contributed by atoms with Crippen molar-refractivity contribution in [2.75, 3.05) is 25.5 Å². The maximum absolute atomic E-state index is 13.0. The summed E-state index contributed by atoms with van der Waals surface area (Å²) in [7, 11) is -0.835. The molecule has 3 rings (SSSR count). The van der Waals surface area contributed by atoms with Gasteiger partial charge in [0.2, 0.25) is 0 Å². The second kappa shape index (κ2) is 9.96. The Balaban J connectivity index is 1.63. The van der Waals surface area contributed by atoms with Gasteiger partial charge < -0.3 is 14.8 Å². The van der Waals surface area contributed by atoms with Crippen LogP contribution in [0.3, 0.4) is 0 Å². The van der Waals surface area contributed by atoms with Crippen molar-refractivity contribution >= 4 is 32.4 Å². The minimum absolute atomic E-state index is 0.0527. The lowest BCUT2D eigenvalue weighted by Crippen LogP contribution is -2.25. The monoisotopic (exact) mass is 479 g/mol. The molecule has 1 aromatic heterocycles. The fraction of sp³-hybridized carbons (Fsp3) is 0.238. The summed E-state index contributed by atoms with van der Waals surface area (Å²) < 4.78 is 50.7. The highest BCUT2D eigenvalue weighted by Crippen LogP contribution is 2.28. The van der Waals surface area contributed by atoms with E-state index >= 15 is 0 Å². The third-order valence-electron chi connectivity index (χ3n) is 4.50. The van der Waals surface area contributed by atoms with Crippen LogP contribution in [-0.4, -0.2) is 40.1 Å². The van der Waals surface area contributed by atoms with Crippen molar-refractivity contribution in [3.05, 3.63) is 64.4 Å². The van der Waals surface area contributed by atoms with Crippen molar-refractivity contribution in [2.24, 2.45) is 0 Å². The molecule has 8 nitrogen and oxygen atoms in total. The largest absolute Gasteiger partial charge is 0.493 e. The van der Waals surface area contributed by atoms with Crippen LogP contribution in [0.2, 0.25) is 0 Å². The molecule has 0 saturated heterocycles. The van der Waals surface area contributed by atoms with Crippen molar-refractivity contribution in [1.82, 2.24) is 10.3 Å². The Hall–Kier alpha value is -3.18. The summed E-state index contributed by atoms with van der Waals surface area (Å²) in [6, 6.07) is 9.93. The number of methoxy groups -OCH3 is 2. The van der Waals surface area contributed by atoms with Crippen LogP contribution in [0, 0.1) is 12.7 Å². The minimum atomic E-state index is -3.95. The summed E-state index contributed by atoms with van der Waals surface area (Å²) in [4.78, 5) is 16.9. The standard InChI is InChI=1S/C21H22FN3O5S2/c1-13-19(20(26)23-11-10-14-4-9-17(29-2)18(12-14)30-3)31-21(24-13)25-32(27,28)16-7-5-15(22)6-8-16/h4-9,12H,10-11H2,1-3H3,(H,23,26)(H,24,25). The van der Waals surface area contributed by atoms with Gasteiger partial charge in [-0.15, -0.1) is 0 Å². The number of halogens is 1. The Labute approximate surface area is 189 Å². The average molecular weight is 480 g/mol. The molecule has 0 aliphatic heterocycles. The molecule has 0 unspecified atom stereocenters. The Morgan fingerprint density at radius 1 is 1.09 bits per heavy atom. The molecule has 0 radical (unpaired) electrons. The van der Waals surface area contributed by atoms with Crippen LogP contribution < -0.4 is 19.5 Å². The molecule has 1 amide bonds. The minimum Gasteiger partial charge on any atom is -0.493 e. The molecule has 0 aliphatic carbocycles. The molecule has 0 saturated carbocycles. The summed E-state index contributed by atoms with van der Waals surface area (Å²) in [5, 5.41) is 2.86. The Morgan fingerprint density at radius 3 is 2.44 bits per heavy atom. The van der Waals surface area contributed by atoms with Gasteiger partial charge in [-0.05, 0) is 55.3 Å². The molecule has 32 heavy (non-hydrogen) atoms. The van der Waals surface area contributed by atoms with E-state index in [9.17, 15) is 17.6 Å². The molecule has 2 aromatic carbocycles. The highest BCUT2D eigenvalue weighted by molar-refractivity contribution is 7.93. The van der Waals surface area contributed by atoms with Crippen LogP contribution in [0.5, 0.6) is 11.5 Å². The van der Waals surface area contributed by atoms with Crippen LogP contribution in [0.4, 0.5) is 9.52 Å². The molecule has 0 atom stereocenters. The third kappa shape index (κ3) is 5.54. The Bertz CT molecular complexity index is 1210. The van der Waals surface area contributed by atoms with Gasteiger partial charge >= 0.3 is 0 Å². The van der Waals surface area contributed by atoms with Crippen LogP contribution >= 0.6 is 11.3 Å². The van der Waals surface area contributed by atoms with Gasteiger partial charge in [-0.3, -0.25) is 9.52 Å². The number of carbonyl (C=O) groups is 1. The maximum atomic E-state index is 13.0. The topological polar surface area (TPSA) is 107 Å². The lowest BCUT2D eigenvalue weighted by Gasteiger charge is -2.10. The fourth-order valence-electron chi connectivity index (χ4n) is 2.88. The molecule has 2 N–H and O–H groups in total. The molecule has 170 valence electrons. The molecule has 0 spiro atoms. The third-order valence-corrected chi connectivity index (χ3v) is 7.05. The number of ether oxygens (including phenoxy) is 2. The number of thiazole rings is 1. The van der Waals surface area contributed by atoms with E-state index in [-0.39, 0.29) is 15.9 Å². The zero-order valence-corrected chi connectivity index (χ0v) is 19.3. The number of carbonyl (C=O) groups excluding carboxylic acids is 1. The number of anilines is 1. The number of amides is 1. The van der Waals surface area contributed by atoms with E-state index < -0.39 is 15.8 Å². The molecule has 11 heteroatoms. The number of nitrogens with one attached hydrogen (secondary N) is 2. The maximum Gasteiger partial charge on any atom is 0.263 e. The van der Waals surface area contributed by atoms with Crippen LogP contribution in [0.15, 0.2) is 47.4 Å². The molecule has 1 heterocycles. The van der Waals surface area contributed by atoms with Gasteiger partial charge in [-0.25, -0.2) is 17.8 Å². The van der Waals surface area contributed by atoms with E-state index in [2.05, 4.69) is 15.0 Å². The van der Waals surface area contributed by atoms with Gasteiger partial charge in [-0.1, -0.05) is 17.4 Å². The van der Waals surface area contributed by atoms with E-state index in [1.165, 1.54) is 0 Å². The zero-order valence-electron chi connectivity index (χ0n) is 17.6. The summed E-state index contributed by atoms with van der Waals surface area (Å²) in [5.74, 6) is 0.331. The van der Waals surface area contributed by atoms with Crippen molar-refractivity contribution in [2.45, 2.75) is 18.2 Å². The molecule has 3 aromatic rings. The van der Waals surface area contributed by atoms with Gasteiger partial charge in [-0.2, -0.15) is 0 Å². The predicted octanol–water partition coefficient (Wildman–Crippen LogP) is 3.38. The molecule has 0 bridgehead atoms. The molecule has 0 aliphatic rings. The molecular weight excluding hydrogens is 457 g/mol. The van der Waals surface area contributed by atoms with Crippen LogP contribution in [-0.2, 0) is 16.4 Å². The van der Waals surface area contributed by atoms with Crippen molar-refractivity contribution in [3.8, 4) is 11.5 Å². The van der Waals surface area contributed by atoms with E-state index in [1.54, 1.807) is 27.2 Å². The van der Waals surface area contributed by atoms with Gasteiger partial charge in [0.1, 0.15) is 10.7 Å². The summed E-state index contributed by atoms with van der Waals surface area (Å²) in [6.45, 7) is 1.98. The number of nitrogens with zero attached hydrogens (tertiary/aromatic N) is 1. The highest BCUT2D eigenvalue weighted by atomic mass is 32.2. The molecule has 0 fully saturated rings. The number of hydrogen-bond donors (Lipinski definition) is 2. The normalized spacial score (nSPS) is 11.1. The Morgan fingerprint density at radius 2 is 1.78 bits per heavy atom. The number of aryl methyl sites for hydroxylation is 1. The quantitative estimate of drug-likeness (QED) is 0.487. The lowest BCUT2D eigenvalue weighted by molar-refractivity contribution is 0.0957. The first-order valence-electron chi connectivity index (χ1n) is 9.48. The first-order chi connectivity index (χ1) is 15.2. The average Bonchev–Trinajstić information content (AvgIpc) is 3.13. The number of rotatable bonds is 9. The van der Waals surface area contributed by atoms with Gasteiger partial charge in [0.15, 0.2) is 16.6 Å².